The number of hydrogen-bond donors (Lipinski definition) is 2. The van der Waals surface area contributed by atoms with Crippen LogP contribution >= 0.6 is 0 Å². The summed E-state index contributed by atoms with van der Waals surface area (Å²) in [6.45, 7) is 0. The van der Waals surface area contributed by atoms with Gasteiger partial charge in [0.2, 0.25) is 0 Å². The minimum absolute atomic E-state index is 0.191. The van der Waals surface area contributed by atoms with Crippen molar-refractivity contribution in [3.05, 3.63) is 71.7 Å². The Morgan fingerprint density at radius 3 is 2.52 bits per heavy atom. The van der Waals surface area contributed by atoms with Crippen molar-refractivity contribution in [1.29, 1.82) is 0 Å². The van der Waals surface area contributed by atoms with Gasteiger partial charge >= 0.3 is 0 Å². The Morgan fingerprint density at radius 2 is 1.79 bits per heavy atom. The number of halogens is 1. The van der Waals surface area contributed by atoms with Crippen LogP contribution in [0.1, 0.15) is 49.7 Å². The van der Waals surface area contributed by atoms with Crippen LogP contribution in [0.15, 0.2) is 54.7 Å². The van der Waals surface area contributed by atoms with Gasteiger partial charge in [0.1, 0.15) is 5.82 Å². The minimum atomic E-state index is -0.626. The van der Waals surface area contributed by atoms with E-state index in [0.29, 0.717) is 0 Å². The molecule has 1 fully saturated rings. The molecule has 0 atom stereocenters. The number of para-hydroxylation sites is 1. The molecule has 4 rings (SSSR count). The SMILES string of the molecule is CN(C)C1(c2cccc(F)c2)CCC(O)(CCCc2c[nH]c3ccccc23)CC1. The molecule has 0 radical (unpaired) electrons. The number of benzene rings is 2. The van der Waals surface area contributed by atoms with E-state index in [0.717, 1.165) is 50.5 Å². The Labute approximate surface area is 172 Å². The van der Waals surface area contributed by atoms with Gasteiger partial charge in [0.05, 0.1) is 5.60 Å². The van der Waals surface area contributed by atoms with Crippen molar-refractivity contribution in [2.24, 2.45) is 0 Å². The Bertz CT molecular complexity index is 970. The zero-order chi connectivity index (χ0) is 20.5. The third kappa shape index (κ3) is 3.96. The first kappa shape index (κ1) is 20.1. The highest BCUT2D eigenvalue weighted by Crippen LogP contribution is 2.46. The van der Waals surface area contributed by atoms with Gasteiger partial charge in [0, 0.05) is 22.6 Å². The van der Waals surface area contributed by atoms with Crippen molar-refractivity contribution < 1.29 is 9.50 Å². The number of rotatable bonds is 6. The standard InChI is InChI=1S/C25H31FN2O/c1-28(2)25(20-8-5-9-21(26)17-20)15-13-24(29,14-16-25)12-6-7-19-18-27-23-11-4-3-10-22(19)23/h3-5,8-11,17-18,27,29H,6-7,12-16H2,1-2H3. The second kappa shape index (κ2) is 7.92. The summed E-state index contributed by atoms with van der Waals surface area (Å²) >= 11 is 0. The van der Waals surface area contributed by atoms with Gasteiger partial charge in [-0.1, -0.05) is 30.3 Å². The second-order valence-electron chi connectivity index (χ2n) is 8.87. The maximum atomic E-state index is 13.8. The first-order chi connectivity index (χ1) is 13.9. The predicted molar refractivity (Wildman–Crippen MR) is 116 cm³/mol. The summed E-state index contributed by atoms with van der Waals surface area (Å²) in [5, 5.41) is 12.5. The summed E-state index contributed by atoms with van der Waals surface area (Å²) < 4.78 is 13.8. The number of aromatic nitrogens is 1. The summed E-state index contributed by atoms with van der Waals surface area (Å²) in [7, 11) is 4.12. The van der Waals surface area contributed by atoms with Crippen molar-refractivity contribution in [3.8, 4) is 0 Å². The molecule has 0 bridgehead atoms. The van der Waals surface area contributed by atoms with Crippen LogP contribution in [0.2, 0.25) is 0 Å². The highest BCUT2D eigenvalue weighted by Gasteiger charge is 2.43. The molecule has 1 saturated carbocycles. The fourth-order valence-corrected chi connectivity index (χ4v) is 5.10. The van der Waals surface area contributed by atoms with Gasteiger partial charge in [-0.05, 0) is 88.4 Å². The molecular formula is C25H31FN2O. The fraction of sp³-hybridized carbons (Fsp3) is 0.440. The molecule has 0 aliphatic heterocycles. The van der Waals surface area contributed by atoms with Crippen LogP contribution in [-0.2, 0) is 12.0 Å². The first-order valence-electron chi connectivity index (χ1n) is 10.6. The first-order valence-corrected chi connectivity index (χ1v) is 10.6. The van der Waals surface area contributed by atoms with E-state index in [1.54, 1.807) is 12.1 Å². The zero-order valence-corrected chi connectivity index (χ0v) is 17.4. The maximum Gasteiger partial charge on any atom is 0.123 e. The molecule has 29 heavy (non-hydrogen) atoms. The lowest BCUT2D eigenvalue weighted by molar-refractivity contribution is -0.0524. The number of H-pyrrole nitrogens is 1. The molecule has 0 spiro atoms. The second-order valence-corrected chi connectivity index (χ2v) is 8.87. The Kier molecular flexibility index (Phi) is 5.50. The number of hydrogen-bond acceptors (Lipinski definition) is 2. The van der Waals surface area contributed by atoms with E-state index in [1.165, 1.54) is 22.5 Å². The topological polar surface area (TPSA) is 39.3 Å². The number of aryl methyl sites for hydroxylation is 1. The van der Waals surface area contributed by atoms with Gasteiger partial charge in [-0.2, -0.15) is 0 Å². The van der Waals surface area contributed by atoms with Gasteiger partial charge in [-0.15, -0.1) is 0 Å². The molecule has 0 unspecified atom stereocenters. The smallest absolute Gasteiger partial charge is 0.123 e. The maximum absolute atomic E-state index is 13.8. The van der Waals surface area contributed by atoms with Crippen LogP contribution in [0.3, 0.4) is 0 Å². The predicted octanol–water partition coefficient (Wildman–Crippen LogP) is 5.39. The van der Waals surface area contributed by atoms with E-state index in [-0.39, 0.29) is 11.4 Å². The lowest BCUT2D eigenvalue weighted by atomic mass is 9.68. The van der Waals surface area contributed by atoms with Crippen LogP contribution in [0, 0.1) is 5.82 Å². The summed E-state index contributed by atoms with van der Waals surface area (Å²) in [6.07, 6.45) is 8.00. The molecule has 0 amide bonds. The molecule has 3 nitrogen and oxygen atoms in total. The van der Waals surface area contributed by atoms with Crippen molar-refractivity contribution in [2.45, 2.75) is 56.1 Å². The van der Waals surface area contributed by atoms with Crippen molar-refractivity contribution >= 4 is 10.9 Å². The van der Waals surface area contributed by atoms with Crippen LogP contribution in [0.25, 0.3) is 10.9 Å². The van der Waals surface area contributed by atoms with Gasteiger partial charge < -0.3 is 10.1 Å². The van der Waals surface area contributed by atoms with Crippen LogP contribution in [0.5, 0.6) is 0 Å². The number of nitrogens with zero attached hydrogens (tertiary/aromatic N) is 1. The quantitative estimate of drug-likeness (QED) is 0.588. The van der Waals surface area contributed by atoms with Crippen molar-refractivity contribution in [2.75, 3.05) is 14.1 Å². The van der Waals surface area contributed by atoms with Gasteiger partial charge in [0.15, 0.2) is 0 Å². The number of aliphatic hydroxyl groups is 1. The van der Waals surface area contributed by atoms with E-state index in [9.17, 15) is 9.50 Å². The molecule has 0 saturated heterocycles. The van der Waals surface area contributed by atoms with Crippen molar-refractivity contribution in [1.82, 2.24) is 9.88 Å². The van der Waals surface area contributed by atoms with Gasteiger partial charge in [-0.3, -0.25) is 4.90 Å². The summed E-state index contributed by atoms with van der Waals surface area (Å²) in [5.41, 5.74) is 2.68. The molecule has 3 aromatic rings. The van der Waals surface area contributed by atoms with E-state index in [4.69, 9.17) is 0 Å². The fourth-order valence-electron chi connectivity index (χ4n) is 5.10. The number of aromatic amines is 1. The Hall–Kier alpha value is -2.17. The largest absolute Gasteiger partial charge is 0.390 e. The number of nitrogens with one attached hydrogen (secondary N) is 1. The van der Waals surface area contributed by atoms with E-state index in [1.807, 2.05) is 12.1 Å². The summed E-state index contributed by atoms with van der Waals surface area (Å²) in [6, 6.07) is 15.3. The average Bonchev–Trinajstić information content (AvgIpc) is 3.12. The monoisotopic (exact) mass is 394 g/mol. The highest BCUT2D eigenvalue weighted by atomic mass is 19.1. The van der Waals surface area contributed by atoms with Crippen LogP contribution in [0.4, 0.5) is 4.39 Å². The zero-order valence-electron chi connectivity index (χ0n) is 17.4. The number of fused-ring (bicyclic) bond motifs is 1. The minimum Gasteiger partial charge on any atom is -0.390 e. The average molecular weight is 395 g/mol. The Morgan fingerprint density at radius 1 is 1.03 bits per heavy atom. The van der Waals surface area contributed by atoms with E-state index >= 15 is 0 Å². The molecule has 1 heterocycles. The Balaban J connectivity index is 1.40. The van der Waals surface area contributed by atoms with E-state index in [2.05, 4.69) is 48.4 Å². The lowest BCUT2D eigenvalue weighted by Crippen LogP contribution is -2.49. The van der Waals surface area contributed by atoms with Gasteiger partial charge in [0.25, 0.3) is 0 Å². The molecule has 1 aliphatic rings. The van der Waals surface area contributed by atoms with Crippen LogP contribution < -0.4 is 0 Å². The lowest BCUT2D eigenvalue weighted by Gasteiger charge is -2.48. The van der Waals surface area contributed by atoms with Gasteiger partial charge in [-0.25, -0.2) is 4.39 Å². The molecular weight excluding hydrogens is 363 g/mol. The third-order valence-corrected chi connectivity index (χ3v) is 6.99. The molecule has 2 aromatic carbocycles. The molecule has 4 heteroatoms. The van der Waals surface area contributed by atoms with E-state index < -0.39 is 5.60 Å². The molecule has 2 N–H and O–H groups in total. The molecule has 1 aliphatic carbocycles. The highest BCUT2D eigenvalue weighted by molar-refractivity contribution is 5.82. The van der Waals surface area contributed by atoms with Crippen molar-refractivity contribution in [3.63, 3.8) is 0 Å². The summed E-state index contributed by atoms with van der Waals surface area (Å²) in [4.78, 5) is 5.54. The third-order valence-electron chi connectivity index (χ3n) is 6.99. The normalized spacial score (nSPS) is 25.0. The molecule has 1 aromatic heterocycles. The molecule has 154 valence electrons. The summed E-state index contributed by atoms with van der Waals surface area (Å²) in [5.74, 6) is -0.191. The van der Waals surface area contributed by atoms with Crippen LogP contribution in [-0.4, -0.2) is 34.7 Å².